The van der Waals surface area contributed by atoms with Gasteiger partial charge in [-0.1, -0.05) is 66.2 Å². The maximum atomic E-state index is 14.5. The van der Waals surface area contributed by atoms with Gasteiger partial charge < -0.3 is 4.90 Å². The van der Waals surface area contributed by atoms with E-state index in [1.807, 2.05) is 28.5 Å². The maximum absolute atomic E-state index is 14.5. The van der Waals surface area contributed by atoms with E-state index in [0.29, 0.717) is 26.6 Å². The molecular formula is C31H19ClFNO3S. The van der Waals surface area contributed by atoms with Crippen molar-refractivity contribution in [1.82, 2.24) is 0 Å². The van der Waals surface area contributed by atoms with Crippen LogP contribution in [0.25, 0.3) is 6.08 Å². The molecule has 4 nitrogen and oxygen atoms in total. The highest BCUT2D eigenvalue weighted by Crippen LogP contribution is 2.61. The predicted octanol–water partition coefficient (Wildman–Crippen LogP) is 6.86. The van der Waals surface area contributed by atoms with Crippen molar-refractivity contribution in [3.05, 3.63) is 128 Å². The van der Waals surface area contributed by atoms with Crippen molar-refractivity contribution in [1.29, 1.82) is 0 Å². The van der Waals surface area contributed by atoms with Gasteiger partial charge in [0.05, 0.1) is 10.9 Å². The molecule has 0 saturated carbocycles. The smallest absolute Gasteiger partial charge is 0.195 e. The van der Waals surface area contributed by atoms with Gasteiger partial charge in [0, 0.05) is 27.8 Å². The van der Waals surface area contributed by atoms with E-state index in [-0.39, 0.29) is 17.3 Å². The normalized spacial score (nSPS) is 22.5. The minimum absolute atomic E-state index is 0.191. The van der Waals surface area contributed by atoms with Crippen LogP contribution in [0.1, 0.15) is 47.4 Å². The lowest BCUT2D eigenvalue weighted by Gasteiger charge is -2.37. The topological polar surface area (TPSA) is 54.5 Å². The summed E-state index contributed by atoms with van der Waals surface area (Å²) in [4.78, 5) is 45.7. The van der Waals surface area contributed by atoms with Gasteiger partial charge in [0.25, 0.3) is 0 Å². The Morgan fingerprint density at radius 3 is 2.29 bits per heavy atom. The number of hydrogen-bond acceptors (Lipinski definition) is 5. The SMILES string of the molecule is O=C(c1cccs1)[C@H]1[C@H](c2ccc(F)cc2)C2(C(=O)c3ccccc3C2=O)[C@@H]2C=Cc3cc(Cl)ccc3N21. The molecule has 1 aromatic heterocycles. The molecule has 3 atom stereocenters. The molecule has 186 valence electrons. The van der Waals surface area contributed by atoms with Gasteiger partial charge >= 0.3 is 0 Å². The zero-order chi connectivity index (χ0) is 26.2. The van der Waals surface area contributed by atoms with E-state index in [2.05, 4.69) is 0 Å². The number of benzene rings is 3. The molecule has 1 aliphatic carbocycles. The molecule has 7 heteroatoms. The maximum Gasteiger partial charge on any atom is 0.195 e. The first-order valence-electron chi connectivity index (χ1n) is 12.2. The molecule has 4 aromatic rings. The summed E-state index contributed by atoms with van der Waals surface area (Å²) in [5.74, 6) is -2.12. The van der Waals surface area contributed by atoms with E-state index >= 15 is 0 Å². The van der Waals surface area contributed by atoms with Crippen molar-refractivity contribution < 1.29 is 18.8 Å². The Morgan fingerprint density at radius 1 is 0.921 bits per heavy atom. The number of fused-ring (bicyclic) bond motifs is 5. The van der Waals surface area contributed by atoms with Crippen molar-refractivity contribution in [2.45, 2.75) is 18.0 Å². The molecule has 0 radical (unpaired) electrons. The molecule has 1 saturated heterocycles. The van der Waals surface area contributed by atoms with Gasteiger partial charge in [-0.3, -0.25) is 14.4 Å². The number of anilines is 1. The van der Waals surface area contributed by atoms with Crippen LogP contribution in [0.5, 0.6) is 0 Å². The second-order valence-corrected chi connectivity index (χ2v) is 11.2. The summed E-state index contributed by atoms with van der Waals surface area (Å²) in [5, 5.41) is 2.37. The Labute approximate surface area is 227 Å². The molecule has 3 aliphatic rings. The monoisotopic (exact) mass is 539 g/mol. The van der Waals surface area contributed by atoms with Crippen LogP contribution in [0, 0.1) is 11.2 Å². The lowest BCUT2D eigenvalue weighted by atomic mass is 9.64. The first-order valence-corrected chi connectivity index (χ1v) is 13.5. The van der Waals surface area contributed by atoms with Gasteiger partial charge in [-0.2, -0.15) is 0 Å². The third-order valence-corrected chi connectivity index (χ3v) is 9.15. The summed E-state index contributed by atoms with van der Waals surface area (Å²) in [6, 6.07) is 20.0. The number of carbonyl (C=O) groups is 3. The van der Waals surface area contributed by atoms with Crippen LogP contribution in [0.2, 0.25) is 5.02 Å². The molecule has 0 amide bonds. The van der Waals surface area contributed by atoms with E-state index in [9.17, 15) is 18.8 Å². The van der Waals surface area contributed by atoms with Gasteiger partial charge in [-0.25, -0.2) is 4.39 Å². The summed E-state index contributed by atoms with van der Waals surface area (Å²) in [7, 11) is 0. The average molecular weight is 540 g/mol. The number of nitrogens with zero attached hydrogens (tertiary/aromatic N) is 1. The van der Waals surface area contributed by atoms with Crippen molar-refractivity contribution in [3.63, 3.8) is 0 Å². The van der Waals surface area contributed by atoms with Gasteiger partial charge in [-0.15, -0.1) is 11.3 Å². The van der Waals surface area contributed by atoms with Crippen LogP contribution >= 0.6 is 22.9 Å². The van der Waals surface area contributed by atoms with Gasteiger partial charge in [0.15, 0.2) is 17.3 Å². The molecule has 7 rings (SSSR count). The number of ketones is 3. The summed E-state index contributed by atoms with van der Waals surface area (Å²) >= 11 is 7.62. The van der Waals surface area contributed by atoms with Crippen LogP contribution in [-0.4, -0.2) is 29.4 Å². The highest BCUT2D eigenvalue weighted by atomic mass is 35.5. The Morgan fingerprint density at radius 2 is 1.63 bits per heavy atom. The van der Waals surface area contributed by atoms with Crippen molar-refractivity contribution in [3.8, 4) is 0 Å². The number of rotatable bonds is 3. The molecule has 0 bridgehead atoms. The van der Waals surface area contributed by atoms with Gasteiger partial charge in [0.2, 0.25) is 0 Å². The second-order valence-electron chi connectivity index (χ2n) is 9.80. The summed E-state index contributed by atoms with van der Waals surface area (Å²) < 4.78 is 14.1. The Hall–Kier alpha value is -3.87. The van der Waals surface area contributed by atoms with E-state index in [0.717, 1.165) is 11.3 Å². The van der Waals surface area contributed by atoms with E-state index in [1.165, 1.54) is 23.5 Å². The third kappa shape index (κ3) is 2.99. The number of halogens is 2. The number of thiophene rings is 1. The van der Waals surface area contributed by atoms with Crippen molar-refractivity contribution in [2.75, 3.05) is 4.90 Å². The fourth-order valence-electron chi connectivity index (χ4n) is 6.56. The van der Waals surface area contributed by atoms with E-state index in [1.54, 1.807) is 60.7 Å². The third-order valence-electron chi connectivity index (χ3n) is 8.03. The second kappa shape index (κ2) is 8.32. The van der Waals surface area contributed by atoms with Crippen LogP contribution in [-0.2, 0) is 0 Å². The summed E-state index contributed by atoms with van der Waals surface area (Å²) in [6.45, 7) is 0. The molecule has 38 heavy (non-hydrogen) atoms. The van der Waals surface area contributed by atoms with Crippen molar-refractivity contribution >= 4 is 52.1 Å². The van der Waals surface area contributed by atoms with E-state index in [4.69, 9.17) is 11.6 Å². The van der Waals surface area contributed by atoms with Crippen LogP contribution in [0.3, 0.4) is 0 Å². The molecule has 1 spiro atoms. The first kappa shape index (κ1) is 23.3. The van der Waals surface area contributed by atoms with Crippen LogP contribution < -0.4 is 4.90 Å². The minimum Gasteiger partial charge on any atom is -0.352 e. The summed E-state index contributed by atoms with van der Waals surface area (Å²) in [5.41, 5.74) is 1.18. The minimum atomic E-state index is -1.60. The highest BCUT2D eigenvalue weighted by molar-refractivity contribution is 7.12. The van der Waals surface area contributed by atoms with Gasteiger partial charge in [0.1, 0.15) is 17.3 Å². The van der Waals surface area contributed by atoms with Crippen LogP contribution in [0.15, 0.2) is 90.3 Å². The zero-order valence-electron chi connectivity index (χ0n) is 19.8. The quantitative estimate of drug-likeness (QED) is 0.211. The Balaban J connectivity index is 1.56. The standard InChI is InChI=1S/C31H19ClFNO3S/c32-19-10-13-23-18(16-19)9-14-25-31(29(36)21-4-1-2-5-22(21)30(31)37)26(17-7-11-20(33)12-8-17)27(34(23)25)28(35)24-6-3-15-38-24/h1-16,25-27H/t25-,26-,27+/m0/s1. The number of hydrogen-bond donors (Lipinski definition) is 0. The molecule has 2 aliphatic heterocycles. The molecule has 3 aromatic carbocycles. The average Bonchev–Trinajstić information content (AvgIpc) is 3.62. The zero-order valence-corrected chi connectivity index (χ0v) is 21.4. The molecule has 1 fully saturated rings. The lowest BCUT2D eigenvalue weighted by Crippen LogP contribution is -2.48. The highest BCUT2D eigenvalue weighted by Gasteiger charge is 2.71. The summed E-state index contributed by atoms with van der Waals surface area (Å²) in [6.07, 6.45) is 3.71. The fourth-order valence-corrected chi connectivity index (χ4v) is 7.43. The fraction of sp³-hybridized carbons (Fsp3) is 0.129. The number of carbonyl (C=O) groups excluding carboxylic acids is 3. The van der Waals surface area contributed by atoms with E-state index < -0.39 is 29.2 Å². The Bertz CT molecular complexity index is 1640. The molecule has 0 N–H and O–H groups in total. The molecule has 0 unspecified atom stereocenters. The predicted molar refractivity (Wildman–Crippen MR) is 146 cm³/mol. The van der Waals surface area contributed by atoms with Crippen molar-refractivity contribution in [2.24, 2.45) is 5.41 Å². The lowest BCUT2D eigenvalue weighted by molar-refractivity contribution is 0.0666. The van der Waals surface area contributed by atoms with Gasteiger partial charge in [-0.05, 0) is 52.9 Å². The molecule has 3 heterocycles. The largest absolute Gasteiger partial charge is 0.352 e. The van der Waals surface area contributed by atoms with Crippen LogP contribution in [0.4, 0.5) is 10.1 Å². The number of Topliss-reactive ketones (excluding diaryl/α,β-unsaturated/α-hetero) is 3. The Kier molecular flexibility index (Phi) is 5.09. The first-order chi connectivity index (χ1) is 18.4. The molecular weight excluding hydrogens is 521 g/mol.